The predicted molar refractivity (Wildman–Crippen MR) is 45.7 cm³/mol. The van der Waals surface area contributed by atoms with E-state index in [1.54, 1.807) is 5.92 Å². The van der Waals surface area contributed by atoms with Gasteiger partial charge in [-0.3, -0.25) is 0 Å². The minimum Gasteiger partial charge on any atom is -0.0850 e. The third-order valence-corrected chi connectivity index (χ3v) is 2.83. The fraction of sp³-hybridized carbons (Fsp3) is 0.700. The van der Waals surface area contributed by atoms with Gasteiger partial charge in [0, 0.05) is 5.92 Å². The Morgan fingerprint density at radius 1 is 1.30 bits per heavy atom. The molecule has 1 aliphatic carbocycles. The van der Waals surface area contributed by atoms with Crippen molar-refractivity contribution in [2.75, 3.05) is 0 Å². The lowest BCUT2D eigenvalue weighted by Crippen LogP contribution is -2.23. The van der Waals surface area contributed by atoms with E-state index in [2.05, 4.69) is 33.8 Å². The Kier molecular flexibility index (Phi) is 1.89. The molecular weight excluding hydrogens is 120 g/mol. The minimum atomic E-state index is 0.457. The second-order valence-corrected chi connectivity index (χ2v) is 3.93. The van der Waals surface area contributed by atoms with Crippen LogP contribution in [0.2, 0.25) is 0 Å². The van der Waals surface area contributed by atoms with Crippen molar-refractivity contribution in [3.8, 4) is 0 Å². The first kappa shape index (κ1) is 7.84. The van der Waals surface area contributed by atoms with Gasteiger partial charge in [0.2, 0.25) is 0 Å². The lowest BCUT2D eigenvalue weighted by atomic mass is 9.70. The van der Waals surface area contributed by atoms with Gasteiger partial charge < -0.3 is 0 Å². The van der Waals surface area contributed by atoms with Crippen molar-refractivity contribution in [2.24, 2.45) is 5.41 Å². The van der Waals surface area contributed by atoms with Crippen LogP contribution in [-0.2, 0) is 0 Å². The molecule has 0 saturated heterocycles. The van der Waals surface area contributed by atoms with Crippen LogP contribution < -0.4 is 0 Å². The maximum atomic E-state index is 2.35. The molecule has 0 heterocycles. The third-order valence-electron chi connectivity index (χ3n) is 2.83. The summed E-state index contributed by atoms with van der Waals surface area (Å²) >= 11 is 0. The number of hydrogen-bond acceptors (Lipinski definition) is 0. The zero-order valence-electron chi connectivity index (χ0n) is 7.49. The fourth-order valence-electron chi connectivity index (χ4n) is 1.52. The summed E-state index contributed by atoms with van der Waals surface area (Å²) in [5.74, 6) is 1.57. The van der Waals surface area contributed by atoms with E-state index in [0.29, 0.717) is 5.41 Å². The fourth-order valence-corrected chi connectivity index (χ4v) is 1.52. The molecule has 0 atom stereocenters. The first-order valence-corrected chi connectivity index (χ1v) is 4.05. The van der Waals surface area contributed by atoms with E-state index in [9.17, 15) is 0 Å². The molecule has 0 heteroatoms. The topological polar surface area (TPSA) is 0 Å². The zero-order valence-corrected chi connectivity index (χ0v) is 7.49. The summed E-state index contributed by atoms with van der Waals surface area (Å²) in [6, 6.07) is 0. The molecule has 0 aromatic heterocycles. The number of allylic oxidation sites excluding steroid dienone is 2. The second kappa shape index (κ2) is 2.41. The van der Waals surface area contributed by atoms with Crippen molar-refractivity contribution in [1.29, 1.82) is 0 Å². The Morgan fingerprint density at radius 3 is 2.30 bits per heavy atom. The van der Waals surface area contributed by atoms with Gasteiger partial charge in [0.1, 0.15) is 0 Å². The van der Waals surface area contributed by atoms with Gasteiger partial charge >= 0.3 is 0 Å². The van der Waals surface area contributed by atoms with E-state index < -0.39 is 0 Å². The Bertz CT molecular complexity index is 151. The second-order valence-electron chi connectivity index (χ2n) is 3.93. The normalized spacial score (nSPS) is 26.2. The van der Waals surface area contributed by atoms with Crippen LogP contribution in [0.15, 0.2) is 11.6 Å². The lowest BCUT2D eigenvalue weighted by molar-refractivity contribution is 0.354. The molecule has 1 rings (SSSR count). The summed E-state index contributed by atoms with van der Waals surface area (Å²) in [5.41, 5.74) is 1.95. The molecule has 0 aromatic carbocycles. The van der Waals surface area contributed by atoms with Crippen molar-refractivity contribution < 1.29 is 0 Å². The van der Waals surface area contributed by atoms with Crippen LogP contribution in [0.1, 0.15) is 40.5 Å². The first-order valence-electron chi connectivity index (χ1n) is 4.05. The molecule has 0 unspecified atom stereocenters. The van der Waals surface area contributed by atoms with Crippen LogP contribution in [0.3, 0.4) is 0 Å². The Balaban J connectivity index is 2.78. The molecule has 0 aromatic rings. The highest BCUT2D eigenvalue weighted by atomic mass is 14.3. The molecule has 0 saturated carbocycles. The Morgan fingerprint density at radius 2 is 1.90 bits per heavy atom. The molecule has 1 aliphatic rings. The van der Waals surface area contributed by atoms with Crippen molar-refractivity contribution in [3.63, 3.8) is 0 Å². The monoisotopic (exact) mass is 137 g/mol. The molecule has 0 fully saturated rings. The minimum absolute atomic E-state index is 0.457. The van der Waals surface area contributed by atoms with Gasteiger partial charge in [-0.05, 0) is 25.2 Å². The van der Waals surface area contributed by atoms with Gasteiger partial charge in [0.05, 0.1) is 0 Å². The predicted octanol–water partition coefficient (Wildman–Crippen LogP) is 3.35. The van der Waals surface area contributed by atoms with Crippen LogP contribution in [0, 0.1) is 11.3 Å². The number of hydrogen-bond donors (Lipinski definition) is 0. The summed E-state index contributed by atoms with van der Waals surface area (Å²) in [6.45, 7) is 9.14. The van der Waals surface area contributed by atoms with E-state index in [1.807, 2.05) is 0 Å². The zero-order chi connectivity index (χ0) is 7.78. The van der Waals surface area contributed by atoms with Crippen LogP contribution in [-0.4, -0.2) is 0 Å². The first-order chi connectivity index (χ1) is 4.54. The molecule has 10 heavy (non-hydrogen) atoms. The summed E-state index contributed by atoms with van der Waals surface area (Å²) in [5, 5.41) is 0. The third kappa shape index (κ3) is 1.25. The maximum absolute atomic E-state index is 2.35. The molecule has 0 amide bonds. The number of rotatable bonds is 0. The molecule has 57 valence electrons. The highest BCUT2D eigenvalue weighted by Gasteiger charge is 2.29. The van der Waals surface area contributed by atoms with Crippen molar-refractivity contribution in [2.45, 2.75) is 40.5 Å². The van der Waals surface area contributed by atoms with Gasteiger partial charge in [0.15, 0.2) is 0 Å². The SMILES string of the molecule is C[C]1C(C)=CCCC1(C)C. The van der Waals surface area contributed by atoms with Crippen LogP contribution in [0.5, 0.6) is 0 Å². The van der Waals surface area contributed by atoms with Gasteiger partial charge in [0.25, 0.3) is 0 Å². The smallest absolute Gasteiger partial charge is 0.00280 e. The maximum Gasteiger partial charge on any atom is 0.00280 e. The van der Waals surface area contributed by atoms with E-state index in [1.165, 1.54) is 18.4 Å². The highest BCUT2D eigenvalue weighted by Crippen LogP contribution is 2.41. The molecule has 0 N–H and O–H groups in total. The molecule has 0 aliphatic heterocycles. The van der Waals surface area contributed by atoms with Crippen molar-refractivity contribution in [1.82, 2.24) is 0 Å². The highest BCUT2D eigenvalue weighted by molar-refractivity contribution is 5.28. The molecule has 0 nitrogen and oxygen atoms in total. The molecule has 0 bridgehead atoms. The average molecular weight is 137 g/mol. The van der Waals surface area contributed by atoms with E-state index in [0.717, 1.165) is 0 Å². The molecular formula is C10H17. The van der Waals surface area contributed by atoms with E-state index >= 15 is 0 Å². The quantitative estimate of drug-likeness (QED) is 0.480. The molecule has 0 spiro atoms. The van der Waals surface area contributed by atoms with E-state index in [-0.39, 0.29) is 0 Å². The lowest BCUT2D eigenvalue weighted by Gasteiger charge is -2.35. The van der Waals surface area contributed by atoms with Crippen LogP contribution in [0.4, 0.5) is 0 Å². The van der Waals surface area contributed by atoms with Crippen molar-refractivity contribution >= 4 is 0 Å². The summed E-state index contributed by atoms with van der Waals surface area (Å²) in [4.78, 5) is 0. The average Bonchev–Trinajstić information content (AvgIpc) is 1.83. The Hall–Kier alpha value is -0.260. The van der Waals surface area contributed by atoms with Gasteiger partial charge in [-0.25, -0.2) is 0 Å². The largest absolute Gasteiger partial charge is 0.0850 e. The van der Waals surface area contributed by atoms with Crippen LogP contribution >= 0.6 is 0 Å². The Labute approximate surface area is 64.3 Å². The van der Waals surface area contributed by atoms with Gasteiger partial charge in [-0.1, -0.05) is 32.4 Å². The van der Waals surface area contributed by atoms with Gasteiger partial charge in [-0.2, -0.15) is 0 Å². The van der Waals surface area contributed by atoms with Crippen molar-refractivity contribution in [3.05, 3.63) is 17.6 Å². The summed E-state index contributed by atoms with van der Waals surface area (Å²) in [7, 11) is 0. The summed E-state index contributed by atoms with van der Waals surface area (Å²) < 4.78 is 0. The van der Waals surface area contributed by atoms with Crippen LogP contribution in [0.25, 0.3) is 0 Å². The summed E-state index contributed by atoms with van der Waals surface area (Å²) in [6.07, 6.45) is 4.92. The van der Waals surface area contributed by atoms with Gasteiger partial charge in [-0.15, -0.1) is 0 Å². The molecule has 1 radical (unpaired) electrons. The van der Waals surface area contributed by atoms with E-state index in [4.69, 9.17) is 0 Å². The standard InChI is InChI=1S/C10H17/c1-8-6-5-7-10(3,4)9(8)2/h6H,5,7H2,1-4H3.